The molecule has 0 bridgehead atoms. The summed E-state index contributed by atoms with van der Waals surface area (Å²) in [5, 5.41) is 14.2. The Morgan fingerprint density at radius 3 is 2.56 bits per heavy atom. The molecule has 0 atom stereocenters. The van der Waals surface area contributed by atoms with Crippen molar-refractivity contribution >= 4 is 11.8 Å². The van der Waals surface area contributed by atoms with Crippen LogP contribution in [0.4, 0.5) is 0 Å². The summed E-state index contributed by atoms with van der Waals surface area (Å²) in [5.74, 6) is 0.583. The van der Waals surface area contributed by atoms with E-state index in [1.807, 2.05) is 30.3 Å². The van der Waals surface area contributed by atoms with E-state index in [1.165, 1.54) is 36.8 Å². The van der Waals surface area contributed by atoms with E-state index in [2.05, 4.69) is 29.4 Å². The number of rotatable bonds is 6. The monoisotopic (exact) mass is 474 g/mol. The number of nitriles is 1. The molecule has 1 saturated heterocycles. The minimum atomic E-state index is -0.462. The van der Waals surface area contributed by atoms with E-state index in [1.54, 1.807) is 22.7 Å². The Balaban J connectivity index is 1.29. The Bertz CT molecular complexity index is 1210. The van der Waals surface area contributed by atoms with Gasteiger partial charge in [-0.1, -0.05) is 43.2 Å². The van der Waals surface area contributed by atoms with E-state index in [0.29, 0.717) is 19.1 Å². The Labute approximate surface area is 204 Å². The molecule has 2 aromatic carbocycles. The van der Waals surface area contributed by atoms with Gasteiger partial charge in [0.2, 0.25) is 0 Å². The standard InChI is InChI=1S/C27H30N4O2S/c28-19-27(13-15-33-16-14-27)22-7-4-8-25(17-22)34-24-11-9-23(10-12-24)31-26(32)30(20-29-31)18-21-5-2-1-3-6-21/h4,7-12,17,20-21H,1-3,5-6,13-16,18H2. The zero-order chi connectivity index (χ0) is 23.4. The summed E-state index contributed by atoms with van der Waals surface area (Å²) >= 11 is 1.66. The molecule has 0 radical (unpaired) electrons. The molecule has 1 aliphatic heterocycles. The van der Waals surface area contributed by atoms with Crippen molar-refractivity contribution in [3.63, 3.8) is 0 Å². The largest absolute Gasteiger partial charge is 0.381 e. The minimum absolute atomic E-state index is 0.0723. The number of nitrogens with zero attached hydrogens (tertiary/aromatic N) is 4. The molecule has 6 nitrogen and oxygen atoms in total. The van der Waals surface area contributed by atoms with E-state index < -0.39 is 5.41 Å². The molecule has 0 spiro atoms. The summed E-state index contributed by atoms with van der Waals surface area (Å²) < 4.78 is 8.72. The first kappa shape index (κ1) is 22.9. The van der Waals surface area contributed by atoms with Gasteiger partial charge in [-0.2, -0.15) is 15.0 Å². The van der Waals surface area contributed by atoms with E-state index >= 15 is 0 Å². The highest BCUT2D eigenvalue weighted by Gasteiger charge is 2.34. The van der Waals surface area contributed by atoms with Crippen LogP contribution in [0.1, 0.15) is 50.5 Å². The molecular weight excluding hydrogens is 444 g/mol. The zero-order valence-electron chi connectivity index (χ0n) is 19.4. The number of ether oxygens (including phenoxy) is 1. The van der Waals surface area contributed by atoms with Crippen molar-refractivity contribution in [3.05, 3.63) is 70.9 Å². The highest BCUT2D eigenvalue weighted by Crippen LogP contribution is 2.37. The summed E-state index contributed by atoms with van der Waals surface area (Å²) in [5.41, 5.74) is 1.30. The van der Waals surface area contributed by atoms with Gasteiger partial charge in [-0.15, -0.1) is 0 Å². The van der Waals surface area contributed by atoms with Gasteiger partial charge in [0, 0.05) is 29.5 Å². The van der Waals surface area contributed by atoms with Gasteiger partial charge >= 0.3 is 5.69 Å². The lowest BCUT2D eigenvalue weighted by Crippen LogP contribution is -2.32. The van der Waals surface area contributed by atoms with Crippen LogP contribution in [-0.4, -0.2) is 27.6 Å². The summed E-state index contributed by atoms with van der Waals surface area (Å²) in [7, 11) is 0. The van der Waals surface area contributed by atoms with Crippen molar-refractivity contribution in [2.75, 3.05) is 13.2 Å². The number of hydrogen-bond acceptors (Lipinski definition) is 5. The van der Waals surface area contributed by atoms with Gasteiger partial charge in [0.05, 0.1) is 17.2 Å². The van der Waals surface area contributed by atoms with Crippen LogP contribution in [0.25, 0.3) is 5.69 Å². The molecule has 2 heterocycles. The van der Waals surface area contributed by atoms with Crippen LogP contribution in [0, 0.1) is 17.2 Å². The summed E-state index contributed by atoms with van der Waals surface area (Å²) in [4.78, 5) is 15.1. The normalized spacial score (nSPS) is 18.4. The van der Waals surface area contributed by atoms with Gasteiger partial charge in [0.15, 0.2) is 0 Å². The number of aromatic nitrogens is 3. The Hall–Kier alpha value is -2.82. The fourth-order valence-electron chi connectivity index (χ4n) is 5.12. The number of hydrogen-bond donors (Lipinski definition) is 0. The van der Waals surface area contributed by atoms with Gasteiger partial charge in [-0.05, 0) is 73.6 Å². The van der Waals surface area contributed by atoms with Crippen LogP contribution in [0.2, 0.25) is 0 Å². The molecule has 3 aromatic rings. The average Bonchev–Trinajstić information content (AvgIpc) is 3.25. The van der Waals surface area contributed by atoms with Gasteiger partial charge < -0.3 is 4.74 Å². The molecule has 0 amide bonds. The van der Waals surface area contributed by atoms with E-state index in [-0.39, 0.29) is 5.69 Å². The molecule has 1 saturated carbocycles. The molecule has 34 heavy (non-hydrogen) atoms. The molecule has 1 aliphatic carbocycles. The molecule has 1 aromatic heterocycles. The molecular formula is C27H30N4O2S. The first-order chi connectivity index (χ1) is 16.7. The van der Waals surface area contributed by atoms with Crippen LogP contribution in [0.3, 0.4) is 0 Å². The third-order valence-corrected chi connectivity index (χ3v) is 8.17. The highest BCUT2D eigenvalue weighted by atomic mass is 32.2. The van der Waals surface area contributed by atoms with Crippen molar-refractivity contribution < 1.29 is 4.74 Å². The van der Waals surface area contributed by atoms with E-state index in [0.717, 1.165) is 40.4 Å². The molecule has 0 N–H and O–H groups in total. The molecule has 5 rings (SSSR count). The van der Waals surface area contributed by atoms with Gasteiger partial charge in [-0.3, -0.25) is 4.57 Å². The second-order valence-electron chi connectivity index (χ2n) is 9.41. The zero-order valence-corrected chi connectivity index (χ0v) is 20.2. The van der Waals surface area contributed by atoms with Crippen molar-refractivity contribution in [2.24, 2.45) is 5.92 Å². The van der Waals surface area contributed by atoms with E-state index in [9.17, 15) is 10.1 Å². The van der Waals surface area contributed by atoms with Crippen LogP contribution < -0.4 is 5.69 Å². The van der Waals surface area contributed by atoms with Crippen molar-refractivity contribution in [1.82, 2.24) is 14.3 Å². The van der Waals surface area contributed by atoms with Crippen LogP contribution in [0.5, 0.6) is 0 Å². The maximum Gasteiger partial charge on any atom is 0.350 e. The first-order valence-electron chi connectivity index (χ1n) is 12.2. The van der Waals surface area contributed by atoms with Crippen LogP contribution in [-0.2, 0) is 16.7 Å². The third kappa shape index (κ3) is 4.84. The molecule has 7 heteroatoms. The lowest BCUT2D eigenvalue weighted by Gasteiger charge is -2.31. The molecule has 0 unspecified atom stereocenters. The topological polar surface area (TPSA) is 72.8 Å². The second-order valence-corrected chi connectivity index (χ2v) is 10.6. The Morgan fingerprint density at radius 1 is 1.06 bits per heavy atom. The van der Waals surface area contributed by atoms with Crippen molar-refractivity contribution in [2.45, 2.75) is 66.7 Å². The summed E-state index contributed by atoms with van der Waals surface area (Å²) in [6, 6.07) is 18.8. The number of benzene rings is 2. The van der Waals surface area contributed by atoms with Crippen LogP contribution in [0.15, 0.2) is 69.4 Å². The minimum Gasteiger partial charge on any atom is -0.381 e. The summed E-state index contributed by atoms with van der Waals surface area (Å²) in [6.45, 7) is 2.02. The maximum absolute atomic E-state index is 12.9. The van der Waals surface area contributed by atoms with Crippen LogP contribution >= 0.6 is 11.8 Å². The Morgan fingerprint density at radius 2 is 1.82 bits per heavy atom. The second kappa shape index (κ2) is 10.2. The Kier molecular flexibility index (Phi) is 6.89. The molecule has 176 valence electrons. The average molecular weight is 475 g/mol. The third-order valence-electron chi connectivity index (χ3n) is 7.18. The maximum atomic E-state index is 12.9. The van der Waals surface area contributed by atoms with Gasteiger partial charge in [0.25, 0.3) is 0 Å². The fraction of sp³-hybridized carbons (Fsp3) is 0.444. The van der Waals surface area contributed by atoms with Crippen molar-refractivity contribution in [1.29, 1.82) is 5.26 Å². The predicted molar refractivity (Wildman–Crippen MR) is 132 cm³/mol. The predicted octanol–water partition coefficient (Wildman–Crippen LogP) is 5.34. The van der Waals surface area contributed by atoms with Gasteiger partial charge in [-0.25, -0.2) is 4.79 Å². The lowest BCUT2D eigenvalue weighted by molar-refractivity contribution is 0.0675. The SMILES string of the molecule is N#CC1(c2cccc(Sc3ccc(-n4ncn(CC5CCCCC5)c4=O)cc3)c2)CCOCC1. The summed E-state index contributed by atoms with van der Waals surface area (Å²) in [6.07, 6.45) is 9.38. The van der Waals surface area contributed by atoms with Gasteiger partial charge in [0.1, 0.15) is 6.33 Å². The molecule has 2 aliphatic rings. The van der Waals surface area contributed by atoms with Crippen molar-refractivity contribution in [3.8, 4) is 11.8 Å². The highest BCUT2D eigenvalue weighted by molar-refractivity contribution is 7.99. The smallest absolute Gasteiger partial charge is 0.350 e. The lowest BCUT2D eigenvalue weighted by atomic mass is 9.75. The first-order valence-corrected chi connectivity index (χ1v) is 13.0. The quantitative estimate of drug-likeness (QED) is 0.482. The molecule has 2 fully saturated rings. The van der Waals surface area contributed by atoms with E-state index in [4.69, 9.17) is 4.74 Å². The fourth-order valence-corrected chi connectivity index (χ4v) is 6.00.